The summed E-state index contributed by atoms with van der Waals surface area (Å²) >= 11 is 0. The van der Waals surface area contributed by atoms with Gasteiger partial charge >= 0.3 is 0 Å². The SMILES string of the molecule is C=C(/C=N\Cc1ccc(C#N)cc1C)CN. The molecule has 3 heteroatoms. The van der Waals surface area contributed by atoms with Crippen molar-refractivity contribution >= 4 is 6.21 Å². The predicted molar refractivity (Wildman–Crippen MR) is 66.3 cm³/mol. The van der Waals surface area contributed by atoms with E-state index >= 15 is 0 Å². The highest BCUT2D eigenvalue weighted by atomic mass is 14.7. The summed E-state index contributed by atoms with van der Waals surface area (Å²) in [6.07, 6.45) is 1.69. The van der Waals surface area contributed by atoms with Gasteiger partial charge in [-0.25, -0.2) is 0 Å². The van der Waals surface area contributed by atoms with Crippen molar-refractivity contribution in [3.8, 4) is 6.07 Å². The van der Waals surface area contributed by atoms with Crippen molar-refractivity contribution in [3.05, 3.63) is 47.0 Å². The highest BCUT2D eigenvalue weighted by Gasteiger charge is 1.98. The van der Waals surface area contributed by atoms with E-state index in [0.29, 0.717) is 18.7 Å². The number of hydrogen-bond acceptors (Lipinski definition) is 3. The van der Waals surface area contributed by atoms with Crippen molar-refractivity contribution in [2.75, 3.05) is 6.54 Å². The standard InChI is InChI=1S/C13H15N3/c1-10(6-14)8-16-9-13-4-3-12(7-15)5-11(13)2/h3-5,8H,1,6,9,14H2,2H3/b16-8-. The van der Waals surface area contributed by atoms with Crippen molar-refractivity contribution < 1.29 is 0 Å². The van der Waals surface area contributed by atoms with Gasteiger partial charge in [-0.05, 0) is 35.8 Å². The molecule has 0 aliphatic rings. The number of rotatable bonds is 4. The van der Waals surface area contributed by atoms with Crippen LogP contribution in [-0.2, 0) is 6.54 Å². The summed E-state index contributed by atoms with van der Waals surface area (Å²) in [4.78, 5) is 4.24. The molecule has 0 bridgehead atoms. The summed E-state index contributed by atoms with van der Waals surface area (Å²) in [7, 11) is 0. The number of aliphatic imine (C=N–C) groups is 1. The minimum absolute atomic E-state index is 0.426. The molecule has 0 aliphatic carbocycles. The molecule has 0 unspecified atom stereocenters. The maximum atomic E-state index is 8.73. The fourth-order valence-electron chi connectivity index (χ4n) is 1.27. The van der Waals surface area contributed by atoms with Crippen LogP contribution in [0.25, 0.3) is 0 Å². The topological polar surface area (TPSA) is 62.2 Å². The van der Waals surface area contributed by atoms with E-state index in [2.05, 4.69) is 17.6 Å². The zero-order valence-electron chi connectivity index (χ0n) is 9.40. The van der Waals surface area contributed by atoms with Gasteiger partial charge < -0.3 is 5.73 Å². The van der Waals surface area contributed by atoms with Crippen LogP contribution >= 0.6 is 0 Å². The third-order valence-electron chi connectivity index (χ3n) is 2.27. The molecule has 82 valence electrons. The van der Waals surface area contributed by atoms with Crippen molar-refractivity contribution in [2.24, 2.45) is 10.7 Å². The zero-order valence-corrected chi connectivity index (χ0v) is 9.40. The Morgan fingerprint density at radius 1 is 1.62 bits per heavy atom. The Bertz CT molecular complexity index is 453. The average Bonchev–Trinajstić information content (AvgIpc) is 2.30. The molecule has 0 radical (unpaired) electrons. The molecule has 3 nitrogen and oxygen atoms in total. The van der Waals surface area contributed by atoms with Crippen LogP contribution in [0, 0.1) is 18.3 Å². The van der Waals surface area contributed by atoms with Crippen LogP contribution in [-0.4, -0.2) is 12.8 Å². The van der Waals surface area contributed by atoms with Crippen LogP contribution in [0.15, 0.2) is 35.3 Å². The third kappa shape index (κ3) is 3.34. The first kappa shape index (κ1) is 12.2. The van der Waals surface area contributed by atoms with E-state index in [1.807, 2.05) is 19.1 Å². The van der Waals surface area contributed by atoms with Crippen LogP contribution in [0.3, 0.4) is 0 Å². The Morgan fingerprint density at radius 2 is 2.38 bits per heavy atom. The first-order chi connectivity index (χ1) is 7.67. The van der Waals surface area contributed by atoms with Gasteiger partial charge in [-0.1, -0.05) is 12.6 Å². The number of nitrogens with zero attached hydrogens (tertiary/aromatic N) is 2. The minimum Gasteiger partial charge on any atom is -0.326 e. The highest BCUT2D eigenvalue weighted by molar-refractivity contribution is 5.78. The van der Waals surface area contributed by atoms with Gasteiger partial charge in [0.15, 0.2) is 0 Å². The van der Waals surface area contributed by atoms with Crippen LogP contribution in [0.1, 0.15) is 16.7 Å². The number of nitrogens with two attached hydrogens (primary N) is 1. The summed E-state index contributed by atoms with van der Waals surface area (Å²) in [5, 5.41) is 8.73. The molecule has 0 saturated carbocycles. The van der Waals surface area contributed by atoms with Gasteiger partial charge in [0.2, 0.25) is 0 Å². The molecule has 0 fully saturated rings. The Morgan fingerprint density at radius 3 is 2.94 bits per heavy atom. The van der Waals surface area contributed by atoms with Crippen molar-refractivity contribution in [1.82, 2.24) is 0 Å². The second-order valence-corrected chi connectivity index (χ2v) is 3.59. The van der Waals surface area contributed by atoms with E-state index in [-0.39, 0.29) is 0 Å². The summed E-state index contributed by atoms with van der Waals surface area (Å²) in [5.41, 5.74) is 9.07. The fraction of sp³-hybridized carbons (Fsp3) is 0.231. The smallest absolute Gasteiger partial charge is 0.0991 e. The van der Waals surface area contributed by atoms with Gasteiger partial charge in [-0.15, -0.1) is 0 Å². The van der Waals surface area contributed by atoms with Crippen molar-refractivity contribution in [1.29, 1.82) is 5.26 Å². The Labute approximate surface area is 95.9 Å². The Balaban J connectivity index is 2.72. The van der Waals surface area contributed by atoms with Gasteiger partial charge in [-0.2, -0.15) is 5.26 Å². The summed E-state index contributed by atoms with van der Waals surface area (Å²) in [6, 6.07) is 7.70. The fourth-order valence-corrected chi connectivity index (χ4v) is 1.27. The monoisotopic (exact) mass is 213 g/mol. The van der Waals surface area contributed by atoms with Gasteiger partial charge in [0.1, 0.15) is 0 Å². The molecular formula is C13H15N3. The van der Waals surface area contributed by atoms with E-state index in [1.54, 1.807) is 12.3 Å². The first-order valence-corrected chi connectivity index (χ1v) is 5.04. The number of hydrogen-bond donors (Lipinski definition) is 1. The van der Waals surface area contributed by atoms with Gasteiger partial charge in [0, 0.05) is 12.8 Å². The summed E-state index contributed by atoms with van der Waals surface area (Å²) < 4.78 is 0. The number of aryl methyl sites for hydroxylation is 1. The number of benzene rings is 1. The summed E-state index contributed by atoms with van der Waals surface area (Å²) in [5.74, 6) is 0. The molecular weight excluding hydrogens is 198 g/mol. The molecule has 2 N–H and O–H groups in total. The molecule has 1 rings (SSSR count). The van der Waals surface area contributed by atoms with E-state index in [9.17, 15) is 0 Å². The quantitative estimate of drug-likeness (QED) is 0.777. The molecule has 0 spiro atoms. The lowest BCUT2D eigenvalue weighted by atomic mass is 10.1. The normalized spacial score (nSPS) is 10.3. The van der Waals surface area contributed by atoms with Crippen LogP contribution in [0.4, 0.5) is 0 Å². The molecule has 0 amide bonds. The zero-order chi connectivity index (χ0) is 12.0. The second-order valence-electron chi connectivity index (χ2n) is 3.59. The molecule has 0 heterocycles. The van der Waals surface area contributed by atoms with Crippen LogP contribution in [0.5, 0.6) is 0 Å². The molecule has 0 atom stereocenters. The van der Waals surface area contributed by atoms with E-state index in [4.69, 9.17) is 11.0 Å². The lowest BCUT2D eigenvalue weighted by Gasteiger charge is -2.02. The molecule has 1 aromatic carbocycles. The Kier molecular flexibility index (Phi) is 4.43. The number of nitriles is 1. The third-order valence-corrected chi connectivity index (χ3v) is 2.27. The van der Waals surface area contributed by atoms with Crippen LogP contribution in [0.2, 0.25) is 0 Å². The molecule has 0 saturated heterocycles. The molecule has 16 heavy (non-hydrogen) atoms. The van der Waals surface area contributed by atoms with E-state index < -0.39 is 0 Å². The molecule has 1 aromatic rings. The van der Waals surface area contributed by atoms with Gasteiger partial charge in [0.05, 0.1) is 18.2 Å². The van der Waals surface area contributed by atoms with Gasteiger partial charge in [0.25, 0.3) is 0 Å². The van der Waals surface area contributed by atoms with Gasteiger partial charge in [-0.3, -0.25) is 4.99 Å². The predicted octanol–water partition coefficient (Wildman–Crippen LogP) is 1.95. The average molecular weight is 213 g/mol. The van der Waals surface area contributed by atoms with Crippen molar-refractivity contribution in [2.45, 2.75) is 13.5 Å². The van der Waals surface area contributed by atoms with Crippen LogP contribution < -0.4 is 5.73 Å². The lowest BCUT2D eigenvalue weighted by molar-refractivity contribution is 1.05. The first-order valence-electron chi connectivity index (χ1n) is 5.04. The second kappa shape index (κ2) is 5.84. The lowest BCUT2D eigenvalue weighted by Crippen LogP contribution is -2.02. The van der Waals surface area contributed by atoms with E-state index in [0.717, 1.165) is 16.7 Å². The van der Waals surface area contributed by atoms with E-state index in [1.165, 1.54) is 0 Å². The highest BCUT2D eigenvalue weighted by Crippen LogP contribution is 2.11. The van der Waals surface area contributed by atoms with Crippen molar-refractivity contribution in [3.63, 3.8) is 0 Å². The molecule has 0 aromatic heterocycles. The maximum Gasteiger partial charge on any atom is 0.0991 e. The maximum absolute atomic E-state index is 8.73. The summed E-state index contributed by atoms with van der Waals surface area (Å²) in [6.45, 7) is 6.73. The Hall–Kier alpha value is -1.92. The molecule has 0 aliphatic heterocycles. The minimum atomic E-state index is 0.426. The largest absolute Gasteiger partial charge is 0.326 e.